The topological polar surface area (TPSA) is 255 Å². The number of aliphatic hydroxyl groups is 3. The Morgan fingerprint density at radius 3 is 2.43 bits per heavy atom. The zero-order valence-corrected chi connectivity index (χ0v) is 34.7. The molecule has 3 heterocycles. The minimum absolute atomic E-state index is 0.0379. The number of phenols is 1. The third-order valence-corrected chi connectivity index (χ3v) is 12.0. The maximum absolute atomic E-state index is 13.5. The van der Waals surface area contributed by atoms with Gasteiger partial charge in [-0.25, -0.2) is 9.48 Å². The van der Waals surface area contributed by atoms with Crippen molar-refractivity contribution in [1.82, 2.24) is 30.9 Å². The molecule has 2 saturated heterocycles. The summed E-state index contributed by atoms with van der Waals surface area (Å²) >= 11 is 0. The predicted octanol–water partition coefficient (Wildman–Crippen LogP) is 2.40. The number of amides is 3. The highest BCUT2D eigenvalue weighted by Gasteiger charge is 2.54. The monoisotopic (exact) mass is 846 g/mol. The number of aryl methyl sites for hydroxylation is 2. The number of aromatic nitrogens is 3. The van der Waals surface area contributed by atoms with E-state index in [2.05, 4.69) is 26.3 Å². The van der Waals surface area contributed by atoms with Crippen molar-refractivity contribution in [2.75, 3.05) is 19.8 Å². The van der Waals surface area contributed by atoms with Gasteiger partial charge in [-0.1, -0.05) is 54.8 Å². The van der Waals surface area contributed by atoms with Gasteiger partial charge in [0, 0.05) is 62.7 Å². The maximum atomic E-state index is 13.5. The van der Waals surface area contributed by atoms with Gasteiger partial charge in [-0.15, -0.1) is 5.10 Å². The number of ether oxygens (including phenoxy) is 2. The number of aromatic hydroxyl groups is 1. The van der Waals surface area contributed by atoms with Crippen LogP contribution >= 0.6 is 0 Å². The summed E-state index contributed by atoms with van der Waals surface area (Å²) in [5.41, 5.74) is 1.34. The highest BCUT2D eigenvalue weighted by Crippen LogP contribution is 2.36. The van der Waals surface area contributed by atoms with Gasteiger partial charge < -0.3 is 51.0 Å². The SMILES string of the molecule is Cc1cc(C(=O)NC[C@@H](O)[C@@H](O)[C@@H]2O[C@@](C/C=C/c3cccc(CNC(=O)C4CCOCC4)c3)(C(=O)O)C[C@H](O)C2NC(=O)Cn2cc(C3CCCCC3)nn2)cc(C)c1O. The Bertz CT molecular complexity index is 2020. The van der Waals surface area contributed by atoms with Gasteiger partial charge in [0.25, 0.3) is 5.91 Å². The molecule has 3 aliphatic rings. The van der Waals surface area contributed by atoms with Gasteiger partial charge in [-0.2, -0.15) is 0 Å². The predicted molar refractivity (Wildman–Crippen MR) is 221 cm³/mol. The molecule has 330 valence electrons. The quantitative estimate of drug-likeness (QED) is 0.103. The zero-order valence-electron chi connectivity index (χ0n) is 34.7. The Kier molecular flexibility index (Phi) is 15.3. The molecular weight excluding hydrogens is 789 g/mol. The van der Waals surface area contributed by atoms with E-state index in [1.165, 1.54) is 16.8 Å². The lowest BCUT2D eigenvalue weighted by Gasteiger charge is -2.47. The fraction of sp³-hybridized carbons (Fsp3) is 0.545. The number of phenolic OH excluding ortho intramolecular Hbond substituents is 1. The van der Waals surface area contributed by atoms with Gasteiger partial charge in [0.1, 0.15) is 24.5 Å². The second kappa shape index (κ2) is 20.6. The fourth-order valence-corrected chi connectivity index (χ4v) is 8.45. The number of nitrogens with zero attached hydrogens (tertiary/aromatic N) is 3. The van der Waals surface area contributed by atoms with Gasteiger partial charge in [-0.05, 0) is 80.0 Å². The van der Waals surface area contributed by atoms with Crippen LogP contribution < -0.4 is 16.0 Å². The van der Waals surface area contributed by atoms with Gasteiger partial charge in [-0.3, -0.25) is 14.4 Å². The highest BCUT2D eigenvalue weighted by atomic mass is 16.6. The number of benzene rings is 2. The summed E-state index contributed by atoms with van der Waals surface area (Å²) in [5, 5.41) is 71.8. The molecule has 0 spiro atoms. The van der Waals surface area contributed by atoms with Crippen molar-refractivity contribution in [3.8, 4) is 5.75 Å². The molecule has 0 radical (unpaired) electrons. The molecule has 17 nitrogen and oxygen atoms in total. The van der Waals surface area contributed by atoms with Gasteiger partial charge in [0.05, 0.1) is 23.9 Å². The number of carboxylic acids is 1. The molecule has 2 aromatic carbocycles. The lowest BCUT2D eigenvalue weighted by molar-refractivity contribution is -0.226. The largest absolute Gasteiger partial charge is 0.507 e. The van der Waals surface area contributed by atoms with E-state index in [9.17, 15) is 44.7 Å². The van der Waals surface area contributed by atoms with Crippen molar-refractivity contribution in [3.05, 3.63) is 82.2 Å². The van der Waals surface area contributed by atoms with Crippen LogP contribution in [0.5, 0.6) is 5.75 Å². The van der Waals surface area contributed by atoms with Crippen LogP contribution in [0.4, 0.5) is 0 Å². The lowest BCUT2D eigenvalue weighted by atomic mass is 9.81. The van der Waals surface area contributed by atoms with E-state index in [1.54, 1.807) is 38.3 Å². The molecular formula is C44H58N6O11. The molecule has 1 aromatic heterocycles. The number of carbonyl (C=O) groups is 4. The molecule has 6 rings (SSSR count). The number of aliphatic carboxylic acids is 1. The first-order valence-electron chi connectivity index (χ1n) is 21.1. The summed E-state index contributed by atoms with van der Waals surface area (Å²) in [6.07, 6.45) is 3.94. The molecule has 1 saturated carbocycles. The molecule has 61 heavy (non-hydrogen) atoms. The van der Waals surface area contributed by atoms with E-state index < -0.39 is 66.8 Å². The minimum atomic E-state index is -2.11. The Balaban J connectivity index is 1.16. The standard InChI is InChI=1S/C44H58N6O11/c1-26-18-32(19-27(2)38(26)54)42(57)46-23-35(52)39(55)40-37(47-36(53)25-50-24-33(48-49-50)30-11-4-3-5-12-30)34(51)21-44(61-40,43(58)59)15-7-10-28-8-6-9-29(20-28)22-45-41(56)31-13-16-60-17-14-31/h6-10,18-20,24,30-31,34-35,37,39-40,51-52,54-55H,3-5,11-17,21-23,25H2,1-2H3,(H,45,56)(H,46,57)(H,47,53)(H,58,59)/b10-7+/t34-,35+,37?,39+,40+,44+/m0/s1. The van der Waals surface area contributed by atoms with E-state index in [1.807, 2.05) is 18.2 Å². The number of hydrogen-bond donors (Lipinski definition) is 8. The van der Waals surface area contributed by atoms with Crippen LogP contribution in [0.2, 0.25) is 0 Å². The first kappa shape index (κ1) is 45.3. The second-order valence-electron chi connectivity index (χ2n) is 16.6. The average molecular weight is 847 g/mol. The Labute approximate surface area is 354 Å². The zero-order chi connectivity index (χ0) is 43.7. The maximum Gasteiger partial charge on any atom is 0.336 e. The average Bonchev–Trinajstić information content (AvgIpc) is 3.73. The van der Waals surface area contributed by atoms with Crippen LogP contribution in [-0.2, 0) is 36.9 Å². The third kappa shape index (κ3) is 11.6. The molecule has 1 aliphatic carbocycles. The summed E-state index contributed by atoms with van der Waals surface area (Å²) in [5.74, 6) is -2.53. The minimum Gasteiger partial charge on any atom is -0.507 e. The summed E-state index contributed by atoms with van der Waals surface area (Å²) in [7, 11) is 0. The molecule has 6 atom stereocenters. The first-order valence-corrected chi connectivity index (χ1v) is 21.1. The van der Waals surface area contributed by atoms with E-state index in [4.69, 9.17) is 9.47 Å². The van der Waals surface area contributed by atoms with Crippen LogP contribution in [0.25, 0.3) is 6.08 Å². The summed E-state index contributed by atoms with van der Waals surface area (Å²) < 4.78 is 12.9. The number of carbonyl (C=O) groups excluding carboxylic acids is 3. The molecule has 3 aromatic rings. The van der Waals surface area contributed by atoms with Gasteiger partial charge in [0.15, 0.2) is 5.60 Å². The lowest BCUT2D eigenvalue weighted by Crippen LogP contribution is -2.67. The third-order valence-electron chi connectivity index (χ3n) is 12.0. The molecule has 3 amide bonds. The van der Waals surface area contributed by atoms with Gasteiger partial charge >= 0.3 is 5.97 Å². The van der Waals surface area contributed by atoms with Crippen LogP contribution in [0.3, 0.4) is 0 Å². The van der Waals surface area contributed by atoms with Gasteiger partial charge in [0.2, 0.25) is 11.8 Å². The van der Waals surface area contributed by atoms with E-state index in [0.717, 1.165) is 43.4 Å². The normalized spacial score (nSPS) is 23.6. The number of carboxylic acid groups (broad SMARTS) is 1. The van der Waals surface area contributed by atoms with Crippen LogP contribution in [0, 0.1) is 19.8 Å². The molecule has 3 fully saturated rings. The molecule has 8 N–H and O–H groups in total. The molecule has 1 unspecified atom stereocenters. The van der Waals surface area contributed by atoms with E-state index in [0.29, 0.717) is 49.3 Å². The molecule has 17 heteroatoms. The number of rotatable bonds is 16. The Hall–Kier alpha value is -5.20. The van der Waals surface area contributed by atoms with Crippen molar-refractivity contribution in [1.29, 1.82) is 0 Å². The molecule has 2 aliphatic heterocycles. The summed E-state index contributed by atoms with van der Waals surface area (Å²) in [4.78, 5) is 52.2. The van der Waals surface area contributed by atoms with Crippen molar-refractivity contribution in [2.24, 2.45) is 5.92 Å². The van der Waals surface area contributed by atoms with Crippen LogP contribution in [0.15, 0.2) is 48.7 Å². The number of nitrogens with one attached hydrogen (secondary N) is 3. The van der Waals surface area contributed by atoms with Crippen molar-refractivity contribution in [3.63, 3.8) is 0 Å². The fourth-order valence-electron chi connectivity index (χ4n) is 8.45. The number of hydrogen-bond acceptors (Lipinski definition) is 12. The summed E-state index contributed by atoms with van der Waals surface area (Å²) in [6.45, 7) is 3.87. The van der Waals surface area contributed by atoms with Crippen LogP contribution in [0.1, 0.15) is 102 Å². The second-order valence-corrected chi connectivity index (χ2v) is 16.6. The Morgan fingerprint density at radius 1 is 1.00 bits per heavy atom. The van der Waals surface area contributed by atoms with E-state index >= 15 is 0 Å². The van der Waals surface area contributed by atoms with Crippen molar-refractivity contribution in [2.45, 2.75) is 127 Å². The Morgan fingerprint density at radius 2 is 1.72 bits per heavy atom. The first-order chi connectivity index (χ1) is 29.2. The molecule has 0 bridgehead atoms. The summed E-state index contributed by atoms with van der Waals surface area (Å²) in [6, 6.07) is 8.88. The van der Waals surface area contributed by atoms with E-state index in [-0.39, 0.29) is 42.0 Å². The smallest absolute Gasteiger partial charge is 0.336 e. The van der Waals surface area contributed by atoms with Crippen molar-refractivity contribution >= 4 is 29.8 Å². The van der Waals surface area contributed by atoms with Crippen LogP contribution in [-0.4, -0.2) is 120 Å². The van der Waals surface area contributed by atoms with Crippen molar-refractivity contribution < 1.29 is 54.2 Å². The number of aliphatic hydroxyl groups excluding tert-OH is 3. The highest BCUT2D eigenvalue weighted by molar-refractivity contribution is 5.95.